The summed E-state index contributed by atoms with van der Waals surface area (Å²) in [6.07, 6.45) is 5.62. The summed E-state index contributed by atoms with van der Waals surface area (Å²) in [7, 11) is 0. The van der Waals surface area contributed by atoms with Gasteiger partial charge >= 0.3 is 5.97 Å². The first-order valence-electron chi connectivity index (χ1n) is 15.4. The Balaban J connectivity index is 1.25. The summed E-state index contributed by atoms with van der Waals surface area (Å²) in [5.41, 5.74) is 11.6. The molecule has 2 atom stereocenters. The first-order valence-corrected chi connectivity index (χ1v) is 16.3. The minimum Gasteiger partial charge on any atom is -0.477 e. The lowest BCUT2D eigenvalue weighted by Gasteiger charge is -2.28. The van der Waals surface area contributed by atoms with E-state index in [4.69, 9.17) is 0 Å². The van der Waals surface area contributed by atoms with Crippen LogP contribution >= 0.6 is 11.3 Å². The molecule has 2 aliphatic carbocycles. The highest BCUT2D eigenvalue weighted by Gasteiger charge is 2.43. The normalized spacial score (nSPS) is 19.8. The molecule has 1 N–H and O–H groups in total. The summed E-state index contributed by atoms with van der Waals surface area (Å²) in [5.74, 6) is -0.803. The minimum absolute atomic E-state index is 0.0145. The molecule has 8 rings (SSSR count). The standard InChI is InChI=1S/C39H31N3O2S/c1-39(2)31-13-7-6-11-26(31)28-21-25(16-17-32(28)39)42-33-14-8-12-27(33)29-19-23(15-18-34(29)42)20-35-36(24-9-4-3-5-10-24)41-37(45-35)30(22-40)38(43)44/h3-7,9-11,13,15-21,27,33H,8,12,14H2,1-2H3,(H,43,44)/b35-20+,37-30+. The van der Waals surface area contributed by atoms with E-state index in [1.54, 1.807) is 0 Å². The molecule has 0 spiro atoms. The second kappa shape index (κ2) is 10.3. The van der Waals surface area contributed by atoms with E-state index in [1.165, 1.54) is 56.9 Å². The van der Waals surface area contributed by atoms with Crippen LogP contribution < -0.4 is 14.1 Å². The first kappa shape index (κ1) is 27.6. The summed E-state index contributed by atoms with van der Waals surface area (Å²) in [5, 5.41) is 19.1. The highest BCUT2D eigenvalue weighted by molar-refractivity contribution is 7.08. The third kappa shape index (κ3) is 4.26. The lowest BCUT2D eigenvalue weighted by molar-refractivity contribution is -0.130. The summed E-state index contributed by atoms with van der Waals surface area (Å²) >= 11 is 1.25. The van der Waals surface area contributed by atoms with Gasteiger partial charge in [0.1, 0.15) is 10.7 Å². The SMILES string of the molecule is CC1(C)c2ccccc2-c2cc(N3c4ccc(/C=c5/s/c(=C(\C#N)C(=O)O)nc5-c5ccccc5)cc4C4CCCC43)ccc21. The Morgan fingerprint density at radius 1 is 0.978 bits per heavy atom. The molecular formula is C39H31N3O2S. The Morgan fingerprint density at radius 3 is 2.56 bits per heavy atom. The maximum atomic E-state index is 11.8. The van der Waals surface area contributed by atoms with Crippen LogP contribution in [0.15, 0.2) is 91.0 Å². The van der Waals surface area contributed by atoms with Crippen LogP contribution in [0, 0.1) is 11.3 Å². The lowest BCUT2D eigenvalue weighted by Crippen LogP contribution is -2.26. The zero-order valence-electron chi connectivity index (χ0n) is 25.1. The van der Waals surface area contributed by atoms with Crippen LogP contribution in [-0.4, -0.2) is 22.1 Å². The van der Waals surface area contributed by atoms with E-state index in [2.05, 4.69) is 90.5 Å². The third-order valence-corrected chi connectivity index (χ3v) is 10.9. The molecule has 1 fully saturated rings. The number of rotatable bonds is 4. The molecule has 4 aromatic carbocycles. The maximum Gasteiger partial charge on any atom is 0.349 e. The van der Waals surface area contributed by atoms with Crippen molar-refractivity contribution in [2.24, 2.45) is 0 Å². The van der Waals surface area contributed by atoms with Crippen LogP contribution in [0.2, 0.25) is 0 Å². The smallest absolute Gasteiger partial charge is 0.349 e. The molecule has 3 aliphatic rings. The number of hydrogen-bond acceptors (Lipinski definition) is 5. The Morgan fingerprint density at radius 2 is 1.76 bits per heavy atom. The van der Waals surface area contributed by atoms with Gasteiger partial charge in [-0.25, -0.2) is 9.78 Å². The predicted octanol–water partition coefficient (Wildman–Crippen LogP) is 7.49. The number of aromatic nitrogens is 1. The number of anilines is 2. The number of carboxylic acid groups (broad SMARTS) is 1. The fraction of sp³-hybridized carbons (Fsp3) is 0.205. The molecule has 0 saturated heterocycles. The second-order valence-electron chi connectivity index (χ2n) is 12.7. The van der Waals surface area contributed by atoms with Crippen LogP contribution in [0.5, 0.6) is 0 Å². The molecule has 5 nitrogen and oxygen atoms in total. The Labute approximate surface area is 266 Å². The van der Waals surface area contributed by atoms with Gasteiger partial charge in [0.15, 0.2) is 5.57 Å². The van der Waals surface area contributed by atoms with Crippen molar-refractivity contribution in [3.63, 3.8) is 0 Å². The number of nitriles is 1. The molecule has 0 amide bonds. The minimum atomic E-state index is -1.26. The van der Waals surface area contributed by atoms with E-state index < -0.39 is 5.97 Å². The third-order valence-electron chi connectivity index (χ3n) is 9.90. The maximum absolute atomic E-state index is 11.8. The van der Waals surface area contributed by atoms with Crippen molar-refractivity contribution in [3.8, 4) is 28.5 Å². The number of hydrogen-bond donors (Lipinski definition) is 1. The molecular weight excluding hydrogens is 575 g/mol. The highest BCUT2D eigenvalue weighted by Crippen LogP contribution is 2.55. The van der Waals surface area contributed by atoms with Gasteiger partial charge in [0, 0.05) is 34.3 Å². The van der Waals surface area contributed by atoms with Crippen molar-refractivity contribution in [2.75, 3.05) is 4.90 Å². The van der Waals surface area contributed by atoms with Crippen molar-refractivity contribution in [2.45, 2.75) is 50.5 Å². The number of benzene rings is 4. The van der Waals surface area contributed by atoms with Crippen LogP contribution in [0.4, 0.5) is 11.4 Å². The van der Waals surface area contributed by atoms with Gasteiger partial charge in [-0.15, -0.1) is 11.3 Å². The van der Waals surface area contributed by atoms with E-state index in [0.717, 1.165) is 28.5 Å². The largest absolute Gasteiger partial charge is 0.477 e. The van der Waals surface area contributed by atoms with Crippen LogP contribution in [0.3, 0.4) is 0 Å². The number of carboxylic acids is 1. The van der Waals surface area contributed by atoms with Gasteiger partial charge in [-0.1, -0.05) is 87.0 Å². The second-order valence-corrected chi connectivity index (χ2v) is 13.8. The van der Waals surface area contributed by atoms with Gasteiger partial charge in [0.2, 0.25) is 0 Å². The molecule has 2 unspecified atom stereocenters. The number of thiazole rings is 1. The molecule has 0 bridgehead atoms. The number of aliphatic carboxylic acids is 1. The van der Waals surface area contributed by atoms with Crippen molar-refractivity contribution in [1.82, 2.24) is 4.98 Å². The lowest BCUT2D eigenvalue weighted by atomic mass is 9.82. The summed E-state index contributed by atoms with van der Waals surface area (Å²) in [4.78, 5) is 19.0. The molecule has 1 aliphatic heterocycles. The van der Waals surface area contributed by atoms with Crippen molar-refractivity contribution in [3.05, 3.63) is 122 Å². The monoisotopic (exact) mass is 605 g/mol. The predicted molar refractivity (Wildman–Crippen MR) is 180 cm³/mol. The molecule has 5 aromatic rings. The molecule has 0 radical (unpaired) electrons. The number of nitrogens with zero attached hydrogens (tertiary/aromatic N) is 3. The van der Waals surface area contributed by atoms with Crippen molar-refractivity contribution >= 4 is 40.3 Å². The van der Waals surface area contributed by atoms with E-state index >= 15 is 0 Å². The average Bonchev–Trinajstić information content (AvgIpc) is 3.80. The van der Waals surface area contributed by atoms with E-state index in [-0.39, 0.29) is 15.7 Å². The molecule has 1 saturated carbocycles. The number of fused-ring (bicyclic) bond motifs is 6. The fourth-order valence-electron chi connectivity index (χ4n) is 7.84. The fourth-order valence-corrected chi connectivity index (χ4v) is 8.87. The molecule has 220 valence electrons. The zero-order valence-corrected chi connectivity index (χ0v) is 25.9. The van der Waals surface area contributed by atoms with Gasteiger partial charge in [-0.2, -0.15) is 5.26 Å². The average molecular weight is 606 g/mol. The molecule has 45 heavy (non-hydrogen) atoms. The van der Waals surface area contributed by atoms with Crippen molar-refractivity contribution in [1.29, 1.82) is 5.26 Å². The Bertz CT molecular complexity index is 2190. The van der Waals surface area contributed by atoms with Gasteiger partial charge in [0.05, 0.1) is 10.2 Å². The quantitative estimate of drug-likeness (QED) is 0.230. The molecule has 1 aromatic heterocycles. The van der Waals surface area contributed by atoms with Crippen molar-refractivity contribution < 1.29 is 9.90 Å². The van der Waals surface area contributed by atoms with E-state index in [1.807, 2.05) is 36.4 Å². The van der Waals surface area contributed by atoms with Gasteiger partial charge in [-0.3, -0.25) is 0 Å². The van der Waals surface area contributed by atoms with Gasteiger partial charge in [0.25, 0.3) is 0 Å². The summed E-state index contributed by atoms with van der Waals surface area (Å²) in [6, 6.07) is 34.6. The van der Waals surface area contributed by atoms with E-state index in [0.29, 0.717) is 17.7 Å². The van der Waals surface area contributed by atoms with E-state index in [9.17, 15) is 15.2 Å². The van der Waals surface area contributed by atoms with Crippen LogP contribution in [0.1, 0.15) is 61.3 Å². The van der Waals surface area contributed by atoms with Crippen LogP contribution in [0.25, 0.3) is 34.0 Å². The summed E-state index contributed by atoms with van der Waals surface area (Å²) in [6.45, 7) is 4.65. The summed E-state index contributed by atoms with van der Waals surface area (Å²) < 4.78 is 1.06. The molecule has 2 heterocycles. The highest BCUT2D eigenvalue weighted by atomic mass is 32.1. The molecule has 6 heteroatoms. The number of carbonyl (C=O) groups is 1. The van der Waals surface area contributed by atoms with Gasteiger partial charge < -0.3 is 10.0 Å². The Hall–Kier alpha value is -4.99. The Kier molecular flexibility index (Phi) is 6.30. The first-order chi connectivity index (χ1) is 21.8. The van der Waals surface area contributed by atoms with Crippen LogP contribution in [-0.2, 0) is 10.2 Å². The zero-order chi connectivity index (χ0) is 30.9. The topological polar surface area (TPSA) is 77.2 Å². The van der Waals surface area contributed by atoms with Gasteiger partial charge in [-0.05, 0) is 76.6 Å².